The van der Waals surface area contributed by atoms with Crippen LogP contribution in [0.2, 0.25) is 0 Å². The van der Waals surface area contributed by atoms with Crippen LogP contribution < -0.4 is 15.5 Å². The molecule has 1 aromatic heterocycles. The molecular weight excluding hydrogens is 308 g/mol. The van der Waals surface area contributed by atoms with Crippen LogP contribution in [0, 0.1) is 0 Å². The van der Waals surface area contributed by atoms with E-state index in [1.54, 1.807) is 0 Å². The summed E-state index contributed by atoms with van der Waals surface area (Å²) in [6.45, 7) is 5.61. The van der Waals surface area contributed by atoms with Gasteiger partial charge in [-0.25, -0.2) is 4.79 Å². The van der Waals surface area contributed by atoms with Gasteiger partial charge in [-0.05, 0) is 6.92 Å². The standard InChI is InChI=1S/C12H20N6O3S/c1-3-18-11(17-4-6-21-7-5-17)15-16-12(18)22-8-9(19)14-10(20)13-2/h3-8H2,1-2H3,(H2,13,14,19,20). The lowest BCUT2D eigenvalue weighted by molar-refractivity contribution is -0.117. The molecule has 0 atom stereocenters. The summed E-state index contributed by atoms with van der Waals surface area (Å²) < 4.78 is 7.29. The number of nitrogens with one attached hydrogen (secondary N) is 2. The van der Waals surface area contributed by atoms with Gasteiger partial charge in [0.1, 0.15) is 0 Å². The predicted octanol–water partition coefficient (Wildman–Crippen LogP) is -0.318. The van der Waals surface area contributed by atoms with E-state index in [-0.39, 0.29) is 11.7 Å². The van der Waals surface area contributed by atoms with Gasteiger partial charge in [-0.1, -0.05) is 11.8 Å². The van der Waals surface area contributed by atoms with Gasteiger partial charge < -0.3 is 15.0 Å². The van der Waals surface area contributed by atoms with E-state index in [1.807, 2.05) is 11.5 Å². The first-order chi connectivity index (χ1) is 10.7. The zero-order valence-electron chi connectivity index (χ0n) is 12.7. The second kappa shape index (κ2) is 7.99. The molecule has 1 fully saturated rings. The number of carbonyl (C=O) groups is 2. The molecule has 2 N–H and O–H groups in total. The maximum atomic E-state index is 11.6. The lowest BCUT2D eigenvalue weighted by atomic mass is 10.4. The van der Waals surface area contributed by atoms with Crippen LogP contribution in [-0.2, 0) is 16.1 Å². The Morgan fingerprint density at radius 2 is 2.05 bits per heavy atom. The number of imide groups is 1. The highest BCUT2D eigenvalue weighted by Gasteiger charge is 2.20. The quantitative estimate of drug-likeness (QED) is 0.714. The van der Waals surface area contributed by atoms with Gasteiger partial charge in [0.15, 0.2) is 5.16 Å². The van der Waals surface area contributed by atoms with E-state index in [0.717, 1.165) is 19.0 Å². The average molecular weight is 328 g/mol. The van der Waals surface area contributed by atoms with Crippen molar-refractivity contribution in [2.45, 2.75) is 18.6 Å². The Hall–Kier alpha value is -1.81. The van der Waals surface area contributed by atoms with Crippen LogP contribution in [-0.4, -0.2) is 65.8 Å². The highest BCUT2D eigenvalue weighted by atomic mass is 32.2. The Bertz CT molecular complexity index is 529. The number of morpholine rings is 1. The first-order valence-corrected chi connectivity index (χ1v) is 8.04. The van der Waals surface area contributed by atoms with Crippen LogP contribution in [0.25, 0.3) is 0 Å². The first kappa shape index (κ1) is 16.6. The molecule has 2 rings (SSSR count). The van der Waals surface area contributed by atoms with Gasteiger partial charge in [-0.3, -0.25) is 14.7 Å². The van der Waals surface area contributed by atoms with Crippen molar-refractivity contribution in [3.63, 3.8) is 0 Å². The van der Waals surface area contributed by atoms with E-state index in [0.29, 0.717) is 24.9 Å². The molecule has 1 aliphatic rings. The first-order valence-electron chi connectivity index (χ1n) is 7.06. The summed E-state index contributed by atoms with van der Waals surface area (Å²) in [5.41, 5.74) is 0. The lowest BCUT2D eigenvalue weighted by Crippen LogP contribution is -2.38. The number of hydrogen-bond acceptors (Lipinski definition) is 7. The number of amides is 3. The summed E-state index contributed by atoms with van der Waals surface area (Å²) in [7, 11) is 1.46. The number of carbonyl (C=O) groups excluding carboxylic acids is 2. The third-order valence-electron chi connectivity index (χ3n) is 3.12. The fourth-order valence-electron chi connectivity index (χ4n) is 2.02. The molecule has 0 saturated carbocycles. The molecule has 0 bridgehead atoms. The van der Waals surface area contributed by atoms with Gasteiger partial charge in [0, 0.05) is 26.7 Å². The molecule has 122 valence electrons. The predicted molar refractivity (Wildman–Crippen MR) is 82.1 cm³/mol. The van der Waals surface area contributed by atoms with Crippen LogP contribution >= 0.6 is 11.8 Å². The molecule has 10 heteroatoms. The van der Waals surface area contributed by atoms with Crippen molar-refractivity contribution >= 4 is 29.6 Å². The number of urea groups is 1. The fraction of sp³-hybridized carbons (Fsp3) is 0.667. The van der Waals surface area contributed by atoms with Crippen LogP contribution in [0.3, 0.4) is 0 Å². The maximum Gasteiger partial charge on any atom is 0.321 e. The highest BCUT2D eigenvalue weighted by molar-refractivity contribution is 7.99. The van der Waals surface area contributed by atoms with Crippen LogP contribution in [0.1, 0.15) is 6.92 Å². The van der Waals surface area contributed by atoms with Crippen molar-refractivity contribution in [3.05, 3.63) is 0 Å². The summed E-state index contributed by atoms with van der Waals surface area (Å²) in [4.78, 5) is 24.8. The van der Waals surface area contributed by atoms with Crippen molar-refractivity contribution in [3.8, 4) is 0 Å². The number of hydrogen-bond donors (Lipinski definition) is 2. The smallest absolute Gasteiger partial charge is 0.321 e. The molecule has 0 aromatic carbocycles. The average Bonchev–Trinajstić information content (AvgIpc) is 2.96. The monoisotopic (exact) mass is 328 g/mol. The van der Waals surface area contributed by atoms with E-state index in [9.17, 15) is 9.59 Å². The fourth-order valence-corrected chi connectivity index (χ4v) is 2.81. The SMILES string of the molecule is CCn1c(SCC(=O)NC(=O)NC)nnc1N1CCOCC1. The Morgan fingerprint density at radius 1 is 1.32 bits per heavy atom. The summed E-state index contributed by atoms with van der Waals surface area (Å²) in [6, 6.07) is -0.517. The van der Waals surface area contributed by atoms with Crippen LogP contribution in [0.15, 0.2) is 5.16 Å². The third-order valence-corrected chi connectivity index (χ3v) is 4.09. The van der Waals surface area contributed by atoms with Gasteiger partial charge >= 0.3 is 6.03 Å². The van der Waals surface area contributed by atoms with Crippen molar-refractivity contribution in [1.29, 1.82) is 0 Å². The summed E-state index contributed by atoms with van der Waals surface area (Å²) in [5, 5.41) is 13.6. The molecule has 9 nitrogen and oxygen atoms in total. The molecule has 1 aromatic rings. The molecular formula is C12H20N6O3S. The normalized spacial score (nSPS) is 14.7. The highest BCUT2D eigenvalue weighted by Crippen LogP contribution is 2.22. The molecule has 1 saturated heterocycles. The molecule has 2 heterocycles. The second-order valence-corrected chi connectivity index (χ2v) is 5.48. The van der Waals surface area contributed by atoms with Gasteiger partial charge in [-0.2, -0.15) is 0 Å². The Labute approximate surface area is 132 Å². The van der Waals surface area contributed by atoms with E-state index >= 15 is 0 Å². The Kier molecular flexibility index (Phi) is 6.01. The summed E-state index contributed by atoms with van der Waals surface area (Å²) in [5.74, 6) is 0.525. The van der Waals surface area contributed by atoms with Gasteiger partial charge in [0.05, 0.1) is 19.0 Å². The third kappa shape index (κ3) is 4.10. The van der Waals surface area contributed by atoms with E-state index < -0.39 is 6.03 Å². The second-order valence-electron chi connectivity index (χ2n) is 4.54. The molecule has 0 radical (unpaired) electrons. The maximum absolute atomic E-state index is 11.6. The van der Waals surface area contributed by atoms with Crippen LogP contribution in [0.5, 0.6) is 0 Å². The number of anilines is 1. The molecule has 0 spiro atoms. The minimum absolute atomic E-state index is 0.106. The molecule has 0 unspecified atom stereocenters. The summed E-state index contributed by atoms with van der Waals surface area (Å²) >= 11 is 1.26. The van der Waals surface area contributed by atoms with Gasteiger partial charge in [0.2, 0.25) is 11.9 Å². The molecule has 0 aliphatic carbocycles. The van der Waals surface area contributed by atoms with E-state index in [2.05, 4.69) is 25.7 Å². The molecule has 3 amide bonds. The summed E-state index contributed by atoms with van der Waals surface area (Å²) in [6.07, 6.45) is 0. The van der Waals surface area contributed by atoms with Crippen molar-refractivity contribution in [1.82, 2.24) is 25.4 Å². The lowest BCUT2D eigenvalue weighted by Gasteiger charge is -2.27. The number of nitrogens with zero attached hydrogens (tertiary/aromatic N) is 4. The largest absolute Gasteiger partial charge is 0.378 e. The number of ether oxygens (including phenoxy) is 1. The minimum Gasteiger partial charge on any atom is -0.378 e. The van der Waals surface area contributed by atoms with E-state index in [1.165, 1.54) is 18.8 Å². The van der Waals surface area contributed by atoms with Gasteiger partial charge in [-0.15, -0.1) is 10.2 Å². The Balaban J connectivity index is 1.98. The number of thioether (sulfide) groups is 1. The van der Waals surface area contributed by atoms with Crippen molar-refractivity contribution in [2.75, 3.05) is 44.0 Å². The number of rotatable bonds is 5. The number of aromatic nitrogens is 3. The topological polar surface area (TPSA) is 101 Å². The van der Waals surface area contributed by atoms with Crippen molar-refractivity contribution in [2.24, 2.45) is 0 Å². The Morgan fingerprint density at radius 3 is 2.68 bits per heavy atom. The van der Waals surface area contributed by atoms with Crippen molar-refractivity contribution < 1.29 is 14.3 Å². The minimum atomic E-state index is -0.517. The zero-order chi connectivity index (χ0) is 15.9. The van der Waals surface area contributed by atoms with Crippen LogP contribution in [0.4, 0.5) is 10.7 Å². The molecule has 22 heavy (non-hydrogen) atoms. The zero-order valence-corrected chi connectivity index (χ0v) is 13.5. The van der Waals surface area contributed by atoms with Gasteiger partial charge in [0.25, 0.3) is 0 Å². The molecule has 1 aliphatic heterocycles. The van der Waals surface area contributed by atoms with E-state index in [4.69, 9.17) is 4.74 Å².